The number of anilines is 1. The van der Waals surface area contributed by atoms with Crippen LogP contribution in [-0.4, -0.2) is 41.4 Å². The van der Waals surface area contributed by atoms with Gasteiger partial charge in [0.2, 0.25) is 5.95 Å². The van der Waals surface area contributed by atoms with E-state index < -0.39 is 0 Å². The zero-order valence-corrected chi connectivity index (χ0v) is 11.9. The van der Waals surface area contributed by atoms with Gasteiger partial charge in [-0.1, -0.05) is 19.1 Å². The Bertz CT molecular complexity index is 571. The first kappa shape index (κ1) is 13.2. The second-order valence-corrected chi connectivity index (χ2v) is 5.36. The monoisotopic (exact) mass is 271 g/mol. The summed E-state index contributed by atoms with van der Waals surface area (Å²) >= 11 is 0. The van der Waals surface area contributed by atoms with Gasteiger partial charge in [0.05, 0.1) is 5.52 Å². The number of hydrogen-bond acceptors (Lipinski definition) is 5. The molecule has 5 heteroatoms. The average Bonchev–Trinajstić information content (AvgIpc) is 2.53. The van der Waals surface area contributed by atoms with Crippen LogP contribution < -0.4 is 10.2 Å². The third-order valence-electron chi connectivity index (χ3n) is 3.83. The minimum absolute atomic E-state index is 0.679. The molecule has 1 N–H and O–H groups in total. The highest BCUT2D eigenvalue weighted by molar-refractivity contribution is 5.74. The topological polar surface area (TPSA) is 53.9 Å². The van der Waals surface area contributed by atoms with Crippen LogP contribution in [0.3, 0.4) is 0 Å². The minimum atomic E-state index is 0.679. The molecular weight excluding hydrogens is 250 g/mol. The van der Waals surface area contributed by atoms with Crippen LogP contribution in [0, 0.1) is 5.92 Å². The summed E-state index contributed by atoms with van der Waals surface area (Å²) in [7, 11) is 0. The fourth-order valence-corrected chi connectivity index (χ4v) is 2.77. The Hall–Kier alpha value is -1.75. The summed E-state index contributed by atoms with van der Waals surface area (Å²) in [5.74, 6) is 1.45. The van der Waals surface area contributed by atoms with Gasteiger partial charge in [0.25, 0.3) is 0 Å². The summed E-state index contributed by atoms with van der Waals surface area (Å²) < 4.78 is 0. The van der Waals surface area contributed by atoms with Crippen LogP contribution in [0.2, 0.25) is 0 Å². The Morgan fingerprint density at radius 2 is 2.10 bits per heavy atom. The summed E-state index contributed by atoms with van der Waals surface area (Å²) in [6.45, 7) is 6.31. The zero-order valence-electron chi connectivity index (χ0n) is 11.9. The third-order valence-corrected chi connectivity index (χ3v) is 3.83. The van der Waals surface area contributed by atoms with Gasteiger partial charge in [-0.25, -0.2) is 4.98 Å². The van der Waals surface area contributed by atoms with Crippen molar-refractivity contribution in [3.05, 3.63) is 24.3 Å². The lowest BCUT2D eigenvalue weighted by Crippen LogP contribution is -2.40. The highest BCUT2D eigenvalue weighted by Gasteiger charge is 2.21. The third kappa shape index (κ3) is 2.88. The first-order valence-corrected chi connectivity index (χ1v) is 7.42. The summed E-state index contributed by atoms with van der Waals surface area (Å²) in [4.78, 5) is 6.91. The van der Waals surface area contributed by atoms with Crippen LogP contribution >= 0.6 is 0 Å². The number of hydrogen-bond donors (Lipinski definition) is 1. The summed E-state index contributed by atoms with van der Waals surface area (Å²) in [5, 5.41) is 12.0. The molecule has 0 radical (unpaired) electrons. The molecule has 0 aliphatic carbocycles. The van der Waals surface area contributed by atoms with Gasteiger partial charge in [0.1, 0.15) is 5.52 Å². The number of benzene rings is 1. The largest absolute Gasteiger partial charge is 0.339 e. The maximum atomic E-state index is 4.65. The van der Waals surface area contributed by atoms with Gasteiger partial charge in [-0.2, -0.15) is 0 Å². The van der Waals surface area contributed by atoms with Gasteiger partial charge >= 0.3 is 0 Å². The van der Waals surface area contributed by atoms with Gasteiger partial charge in [-0.05, 0) is 44.0 Å². The lowest BCUT2D eigenvalue weighted by molar-refractivity contribution is 0.392. The summed E-state index contributed by atoms with van der Waals surface area (Å²) in [6.07, 6.45) is 2.48. The molecule has 1 atom stereocenters. The molecule has 1 fully saturated rings. The molecule has 20 heavy (non-hydrogen) atoms. The Morgan fingerprint density at radius 1 is 1.25 bits per heavy atom. The Labute approximate surface area is 119 Å². The first-order valence-electron chi connectivity index (χ1n) is 7.42. The van der Waals surface area contributed by atoms with Gasteiger partial charge in [-0.15, -0.1) is 10.2 Å². The van der Waals surface area contributed by atoms with E-state index in [-0.39, 0.29) is 0 Å². The number of fused-ring (bicyclic) bond motifs is 1. The van der Waals surface area contributed by atoms with Crippen molar-refractivity contribution in [1.29, 1.82) is 0 Å². The van der Waals surface area contributed by atoms with E-state index in [1.807, 2.05) is 24.3 Å². The molecule has 5 nitrogen and oxygen atoms in total. The summed E-state index contributed by atoms with van der Waals surface area (Å²) in [6, 6.07) is 7.90. The molecule has 1 aliphatic heterocycles. The fourth-order valence-electron chi connectivity index (χ4n) is 2.77. The first-order chi connectivity index (χ1) is 9.86. The number of nitrogens with zero attached hydrogens (tertiary/aromatic N) is 4. The van der Waals surface area contributed by atoms with E-state index in [9.17, 15) is 0 Å². The summed E-state index contributed by atoms with van der Waals surface area (Å²) in [5.41, 5.74) is 1.78. The van der Waals surface area contributed by atoms with E-state index in [1.165, 1.54) is 12.8 Å². The molecule has 0 bridgehead atoms. The lowest BCUT2D eigenvalue weighted by atomic mass is 9.98. The van der Waals surface area contributed by atoms with Gasteiger partial charge < -0.3 is 10.2 Å². The highest BCUT2D eigenvalue weighted by Crippen LogP contribution is 2.20. The van der Waals surface area contributed by atoms with Crippen molar-refractivity contribution in [2.45, 2.75) is 19.8 Å². The van der Waals surface area contributed by atoms with E-state index in [1.54, 1.807) is 0 Å². The van der Waals surface area contributed by atoms with Crippen LogP contribution in [0.1, 0.15) is 19.8 Å². The van der Waals surface area contributed by atoms with Crippen molar-refractivity contribution in [2.24, 2.45) is 5.92 Å². The maximum absolute atomic E-state index is 4.65. The van der Waals surface area contributed by atoms with Crippen molar-refractivity contribution in [1.82, 2.24) is 20.5 Å². The molecule has 0 saturated carbocycles. The van der Waals surface area contributed by atoms with E-state index >= 15 is 0 Å². The number of aromatic nitrogens is 3. The molecule has 1 unspecified atom stereocenters. The molecule has 0 spiro atoms. The number of piperidine rings is 1. The van der Waals surface area contributed by atoms with Crippen LogP contribution in [0.4, 0.5) is 5.95 Å². The van der Waals surface area contributed by atoms with Crippen molar-refractivity contribution < 1.29 is 0 Å². The van der Waals surface area contributed by atoms with Crippen molar-refractivity contribution >= 4 is 17.0 Å². The van der Waals surface area contributed by atoms with Crippen LogP contribution in [0.15, 0.2) is 24.3 Å². The fraction of sp³-hybridized carbons (Fsp3) is 0.533. The zero-order chi connectivity index (χ0) is 13.8. The normalized spacial score (nSPS) is 19.4. The highest BCUT2D eigenvalue weighted by atomic mass is 15.3. The minimum Gasteiger partial charge on any atom is -0.339 e. The lowest BCUT2D eigenvalue weighted by Gasteiger charge is -2.32. The molecule has 1 saturated heterocycles. The van der Waals surface area contributed by atoms with E-state index in [4.69, 9.17) is 0 Å². The van der Waals surface area contributed by atoms with Crippen LogP contribution in [0.5, 0.6) is 0 Å². The van der Waals surface area contributed by atoms with Crippen molar-refractivity contribution in [3.63, 3.8) is 0 Å². The number of para-hydroxylation sites is 1. The number of rotatable bonds is 4. The molecule has 3 rings (SSSR count). The average molecular weight is 271 g/mol. The Morgan fingerprint density at radius 3 is 2.95 bits per heavy atom. The van der Waals surface area contributed by atoms with E-state index in [0.29, 0.717) is 5.92 Å². The maximum Gasteiger partial charge on any atom is 0.245 e. The molecule has 1 aromatic heterocycles. The van der Waals surface area contributed by atoms with Crippen molar-refractivity contribution in [2.75, 3.05) is 31.1 Å². The predicted octanol–water partition coefficient (Wildman–Crippen LogP) is 1.85. The quantitative estimate of drug-likeness (QED) is 0.919. The van der Waals surface area contributed by atoms with Gasteiger partial charge in [-0.3, -0.25) is 0 Å². The van der Waals surface area contributed by atoms with Crippen LogP contribution in [-0.2, 0) is 0 Å². The van der Waals surface area contributed by atoms with Crippen molar-refractivity contribution in [3.8, 4) is 0 Å². The molecule has 0 amide bonds. The molecular formula is C15H21N5. The smallest absolute Gasteiger partial charge is 0.245 e. The van der Waals surface area contributed by atoms with Gasteiger partial charge in [0, 0.05) is 13.1 Å². The SMILES string of the molecule is CCNCC1CCCN(c2nnc3ccccc3n2)C1. The predicted molar refractivity (Wildman–Crippen MR) is 80.8 cm³/mol. The van der Waals surface area contributed by atoms with Crippen LogP contribution in [0.25, 0.3) is 11.0 Å². The second kappa shape index (κ2) is 6.13. The Balaban J connectivity index is 1.76. The van der Waals surface area contributed by atoms with E-state index in [0.717, 1.165) is 43.2 Å². The number of nitrogens with one attached hydrogen (secondary N) is 1. The molecule has 1 aliphatic rings. The molecule has 1 aromatic carbocycles. The Kier molecular flexibility index (Phi) is 4.06. The molecule has 2 aromatic rings. The second-order valence-electron chi connectivity index (χ2n) is 5.36. The van der Waals surface area contributed by atoms with E-state index in [2.05, 4.69) is 32.3 Å². The standard InChI is InChI=1S/C15H21N5/c1-2-16-10-12-6-5-9-20(11-12)15-17-13-7-3-4-8-14(13)18-19-15/h3-4,7-8,12,16H,2,5-6,9-11H2,1H3. The molecule has 106 valence electrons. The molecule has 2 heterocycles. The van der Waals surface area contributed by atoms with Gasteiger partial charge in [0.15, 0.2) is 0 Å².